The number of unbranched alkanes of at least 4 members (excludes halogenated alkanes) is 2. The fourth-order valence-corrected chi connectivity index (χ4v) is 3.07. The van der Waals surface area contributed by atoms with E-state index in [-0.39, 0.29) is 6.04 Å². The Balaban J connectivity index is 2.93. The van der Waals surface area contributed by atoms with E-state index < -0.39 is 0 Å². The smallest absolute Gasteiger partial charge is 0.0496 e. The van der Waals surface area contributed by atoms with Crippen molar-refractivity contribution in [2.75, 3.05) is 13.1 Å². The molecule has 2 atom stereocenters. The Morgan fingerprint density at radius 2 is 1.75 bits per heavy atom. The lowest BCUT2D eigenvalue weighted by Crippen LogP contribution is -2.40. The third-order valence-corrected chi connectivity index (χ3v) is 4.17. The molecule has 2 N–H and O–H groups in total. The van der Waals surface area contributed by atoms with Crippen LogP contribution in [-0.2, 0) is 0 Å². The number of hydrogen-bond acceptors (Lipinski definition) is 2. The second-order valence-electron chi connectivity index (χ2n) is 5.60. The molecule has 0 heterocycles. The van der Waals surface area contributed by atoms with Gasteiger partial charge in [0.2, 0.25) is 0 Å². The van der Waals surface area contributed by atoms with Crippen molar-refractivity contribution in [3.63, 3.8) is 0 Å². The van der Waals surface area contributed by atoms with Crippen molar-refractivity contribution in [1.29, 1.82) is 0 Å². The van der Waals surface area contributed by atoms with Gasteiger partial charge in [0, 0.05) is 16.6 Å². The molecule has 0 aromatic heterocycles. The van der Waals surface area contributed by atoms with Crippen molar-refractivity contribution in [2.45, 2.75) is 58.5 Å². The molecule has 1 aromatic rings. The Morgan fingerprint density at radius 3 is 2.20 bits per heavy atom. The molecule has 1 aromatic carbocycles. The maximum absolute atomic E-state index is 6.31. The summed E-state index contributed by atoms with van der Waals surface area (Å²) in [6, 6.07) is 9.03. The van der Waals surface area contributed by atoms with E-state index in [4.69, 9.17) is 5.73 Å². The highest BCUT2D eigenvalue weighted by Crippen LogP contribution is 2.26. The number of nitrogens with two attached hydrogens (primary N) is 1. The zero-order chi connectivity index (χ0) is 15.0. The van der Waals surface area contributed by atoms with Gasteiger partial charge in [0.05, 0.1) is 0 Å². The molecule has 0 aliphatic heterocycles. The van der Waals surface area contributed by atoms with Crippen LogP contribution in [-0.4, -0.2) is 24.0 Å². The van der Waals surface area contributed by atoms with Crippen LogP contribution in [0.25, 0.3) is 0 Å². The van der Waals surface area contributed by atoms with Gasteiger partial charge in [0.15, 0.2) is 0 Å². The van der Waals surface area contributed by atoms with Crippen molar-refractivity contribution in [2.24, 2.45) is 5.73 Å². The molecule has 0 amide bonds. The van der Waals surface area contributed by atoms with Crippen molar-refractivity contribution in [3.05, 3.63) is 34.3 Å². The Hall–Kier alpha value is -0.380. The van der Waals surface area contributed by atoms with E-state index in [1.807, 2.05) is 0 Å². The van der Waals surface area contributed by atoms with Crippen molar-refractivity contribution < 1.29 is 0 Å². The van der Waals surface area contributed by atoms with Crippen LogP contribution in [0.4, 0.5) is 0 Å². The fourth-order valence-electron chi connectivity index (χ4n) is 2.65. The third-order valence-electron chi connectivity index (χ3n) is 3.68. The molecule has 2 unspecified atom stereocenters. The van der Waals surface area contributed by atoms with Gasteiger partial charge in [-0.3, -0.25) is 4.90 Å². The molecule has 0 bridgehead atoms. The summed E-state index contributed by atoms with van der Waals surface area (Å²) >= 11 is 3.57. The number of halogens is 1. The standard InChI is InChI=1S/C17H29BrN2/c1-4-6-11-20(12-7-5-2)17(14(3)19)15-9-8-10-16(18)13-15/h8-10,13-14,17H,4-7,11-12,19H2,1-3H3. The molecule has 0 aliphatic rings. The van der Waals surface area contributed by atoms with Gasteiger partial charge in [-0.25, -0.2) is 0 Å². The van der Waals surface area contributed by atoms with Crippen LogP contribution in [0.1, 0.15) is 58.1 Å². The Kier molecular flexibility index (Phi) is 8.43. The normalized spacial score (nSPS) is 14.5. The number of benzene rings is 1. The molecule has 0 spiro atoms. The minimum Gasteiger partial charge on any atom is -0.326 e. The predicted molar refractivity (Wildman–Crippen MR) is 91.9 cm³/mol. The number of rotatable bonds is 9. The zero-order valence-electron chi connectivity index (χ0n) is 13.1. The summed E-state index contributed by atoms with van der Waals surface area (Å²) in [4.78, 5) is 2.57. The molecule has 0 aliphatic carbocycles. The maximum Gasteiger partial charge on any atom is 0.0496 e. The summed E-state index contributed by atoms with van der Waals surface area (Å²) < 4.78 is 1.13. The number of nitrogens with zero attached hydrogens (tertiary/aromatic N) is 1. The van der Waals surface area contributed by atoms with Crippen LogP contribution >= 0.6 is 15.9 Å². The lowest BCUT2D eigenvalue weighted by Gasteiger charge is -2.35. The molecule has 1 rings (SSSR count). The van der Waals surface area contributed by atoms with Crippen molar-refractivity contribution in [1.82, 2.24) is 4.90 Å². The molecule has 114 valence electrons. The molecule has 3 heteroatoms. The minimum absolute atomic E-state index is 0.137. The average Bonchev–Trinajstić information content (AvgIpc) is 2.41. The van der Waals surface area contributed by atoms with Crippen molar-refractivity contribution >= 4 is 15.9 Å². The summed E-state index contributed by atoms with van der Waals surface area (Å²) in [5.74, 6) is 0. The maximum atomic E-state index is 6.31. The van der Waals surface area contributed by atoms with E-state index >= 15 is 0 Å². The van der Waals surface area contributed by atoms with E-state index in [2.05, 4.69) is 65.9 Å². The molecule has 0 saturated heterocycles. The van der Waals surface area contributed by atoms with Crippen LogP contribution < -0.4 is 5.73 Å². The molecule has 0 fully saturated rings. The SMILES string of the molecule is CCCCN(CCCC)C(c1cccc(Br)c1)C(C)N. The quantitative estimate of drug-likeness (QED) is 0.703. The van der Waals surface area contributed by atoms with Crippen LogP contribution in [0.2, 0.25) is 0 Å². The van der Waals surface area contributed by atoms with E-state index in [9.17, 15) is 0 Å². The lowest BCUT2D eigenvalue weighted by molar-refractivity contribution is 0.171. The van der Waals surface area contributed by atoms with Gasteiger partial charge in [0.25, 0.3) is 0 Å². The monoisotopic (exact) mass is 340 g/mol. The molecule has 20 heavy (non-hydrogen) atoms. The zero-order valence-corrected chi connectivity index (χ0v) is 14.7. The molecule has 2 nitrogen and oxygen atoms in total. The largest absolute Gasteiger partial charge is 0.326 e. The fraction of sp³-hybridized carbons (Fsp3) is 0.647. The van der Waals surface area contributed by atoms with E-state index in [1.165, 1.54) is 31.2 Å². The first-order chi connectivity index (χ1) is 9.60. The lowest BCUT2D eigenvalue weighted by atomic mass is 9.98. The van der Waals surface area contributed by atoms with Gasteiger partial charge >= 0.3 is 0 Å². The Bertz CT molecular complexity index is 371. The van der Waals surface area contributed by atoms with Gasteiger partial charge in [-0.15, -0.1) is 0 Å². The first kappa shape index (κ1) is 17.7. The molecular formula is C17H29BrN2. The minimum atomic E-state index is 0.137. The van der Waals surface area contributed by atoms with Crippen LogP contribution in [0.5, 0.6) is 0 Å². The topological polar surface area (TPSA) is 29.3 Å². The first-order valence-corrected chi connectivity index (χ1v) is 8.64. The van der Waals surface area contributed by atoms with Crippen molar-refractivity contribution in [3.8, 4) is 0 Å². The summed E-state index contributed by atoms with van der Waals surface area (Å²) in [7, 11) is 0. The van der Waals surface area contributed by atoms with Gasteiger partial charge in [0.1, 0.15) is 0 Å². The summed E-state index contributed by atoms with van der Waals surface area (Å²) in [5.41, 5.74) is 7.63. The van der Waals surface area contributed by atoms with Gasteiger partial charge in [-0.1, -0.05) is 54.8 Å². The molecular weight excluding hydrogens is 312 g/mol. The van der Waals surface area contributed by atoms with Crippen LogP contribution in [0, 0.1) is 0 Å². The molecule has 0 radical (unpaired) electrons. The van der Waals surface area contributed by atoms with Gasteiger partial charge < -0.3 is 5.73 Å². The highest BCUT2D eigenvalue weighted by molar-refractivity contribution is 9.10. The highest BCUT2D eigenvalue weighted by atomic mass is 79.9. The Morgan fingerprint density at radius 1 is 1.15 bits per heavy atom. The van der Waals surface area contributed by atoms with Gasteiger partial charge in [-0.05, 0) is 50.6 Å². The van der Waals surface area contributed by atoms with Crippen LogP contribution in [0.15, 0.2) is 28.7 Å². The van der Waals surface area contributed by atoms with E-state index in [0.29, 0.717) is 6.04 Å². The third kappa shape index (κ3) is 5.55. The summed E-state index contributed by atoms with van der Waals surface area (Å²) in [5, 5.41) is 0. The van der Waals surface area contributed by atoms with Crippen LogP contribution in [0.3, 0.4) is 0 Å². The average molecular weight is 341 g/mol. The highest BCUT2D eigenvalue weighted by Gasteiger charge is 2.23. The second kappa shape index (κ2) is 9.54. The first-order valence-electron chi connectivity index (χ1n) is 7.85. The van der Waals surface area contributed by atoms with E-state index in [1.54, 1.807) is 0 Å². The predicted octanol–water partition coefficient (Wildman–Crippen LogP) is 4.74. The number of hydrogen-bond donors (Lipinski definition) is 1. The molecule has 0 saturated carbocycles. The van der Waals surface area contributed by atoms with E-state index in [0.717, 1.165) is 17.6 Å². The van der Waals surface area contributed by atoms with Gasteiger partial charge in [-0.2, -0.15) is 0 Å². The second-order valence-corrected chi connectivity index (χ2v) is 6.52. The summed E-state index contributed by atoms with van der Waals surface area (Å²) in [6.45, 7) is 8.89. The Labute approximate surface area is 132 Å². The summed E-state index contributed by atoms with van der Waals surface area (Å²) in [6.07, 6.45) is 4.93.